The number of rotatable bonds is 3. The van der Waals surface area contributed by atoms with Gasteiger partial charge in [0.15, 0.2) is 0 Å². The summed E-state index contributed by atoms with van der Waals surface area (Å²) in [6.45, 7) is 5.96. The monoisotopic (exact) mass is 398 g/mol. The highest BCUT2D eigenvalue weighted by atomic mass is 35.5. The first-order valence-corrected chi connectivity index (χ1v) is 10.3. The third-order valence-corrected chi connectivity index (χ3v) is 7.24. The summed E-state index contributed by atoms with van der Waals surface area (Å²) in [5.74, 6) is 0. The number of sulfonamides is 1. The highest BCUT2D eigenvalue weighted by Gasteiger charge is 2.30. The zero-order chi connectivity index (χ0) is 18.2. The van der Waals surface area contributed by atoms with Crippen molar-refractivity contribution in [1.82, 2.24) is 4.31 Å². The Labute approximate surface area is 159 Å². The number of aryl methyl sites for hydroxylation is 2. The van der Waals surface area contributed by atoms with Crippen molar-refractivity contribution in [2.45, 2.75) is 18.7 Å². The van der Waals surface area contributed by atoms with E-state index in [-0.39, 0.29) is 9.92 Å². The molecule has 0 aliphatic carbocycles. The van der Waals surface area contributed by atoms with Gasteiger partial charge >= 0.3 is 0 Å². The van der Waals surface area contributed by atoms with E-state index >= 15 is 0 Å². The van der Waals surface area contributed by atoms with Gasteiger partial charge in [0, 0.05) is 36.9 Å². The molecule has 3 rings (SSSR count). The van der Waals surface area contributed by atoms with E-state index in [2.05, 4.69) is 29.2 Å². The molecule has 1 aliphatic rings. The fraction of sp³-hybridized carbons (Fsp3) is 0.333. The molecule has 1 heterocycles. The second-order valence-corrected chi connectivity index (χ2v) is 8.98. The van der Waals surface area contributed by atoms with E-state index in [9.17, 15) is 8.42 Å². The molecule has 1 aliphatic heterocycles. The molecule has 0 bridgehead atoms. The molecule has 1 fully saturated rings. The highest BCUT2D eigenvalue weighted by Crippen LogP contribution is 2.31. The predicted molar refractivity (Wildman–Crippen MR) is 103 cm³/mol. The molecule has 0 N–H and O–H groups in total. The van der Waals surface area contributed by atoms with Crippen LogP contribution in [0.1, 0.15) is 11.1 Å². The number of halogens is 2. The molecule has 0 atom stereocenters. The predicted octanol–water partition coefficient (Wildman–Crippen LogP) is 4.12. The van der Waals surface area contributed by atoms with Crippen LogP contribution in [0.25, 0.3) is 0 Å². The van der Waals surface area contributed by atoms with Gasteiger partial charge in [0.05, 0.1) is 5.02 Å². The summed E-state index contributed by atoms with van der Waals surface area (Å²) in [5.41, 5.74) is 3.02. The molecular formula is C18H20Cl2N2O2S. The van der Waals surface area contributed by atoms with Crippen LogP contribution in [0.2, 0.25) is 10.0 Å². The SMILES string of the molecule is Cc1ccc(N2CCN(S(=O)(=O)c3cc(C)c(Cl)cc3Cl)CC2)cc1. The van der Waals surface area contributed by atoms with Gasteiger partial charge in [-0.05, 0) is 43.7 Å². The van der Waals surface area contributed by atoms with Crippen LogP contribution in [0.5, 0.6) is 0 Å². The van der Waals surface area contributed by atoms with Crippen LogP contribution in [-0.2, 0) is 10.0 Å². The van der Waals surface area contributed by atoms with Gasteiger partial charge in [0.2, 0.25) is 10.0 Å². The maximum absolute atomic E-state index is 12.9. The van der Waals surface area contributed by atoms with Gasteiger partial charge < -0.3 is 4.90 Å². The average Bonchev–Trinajstić information content (AvgIpc) is 2.59. The minimum Gasteiger partial charge on any atom is -0.369 e. The summed E-state index contributed by atoms with van der Waals surface area (Å²) in [6, 6.07) is 11.3. The molecule has 0 amide bonds. The normalized spacial score (nSPS) is 16.2. The number of hydrogen-bond acceptors (Lipinski definition) is 3. The molecule has 2 aromatic rings. The van der Waals surface area contributed by atoms with E-state index in [1.54, 1.807) is 13.0 Å². The van der Waals surface area contributed by atoms with Crippen LogP contribution in [-0.4, -0.2) is 38.9 Å². The summed E-state index contributed by atoms with van der Waals surface area (Å²) >= 11 is 12.2. The molecule has 0 unspecified atom stereocenters. The Hall–Kier alpha value is -1.27. The van der Waals surface area contributed by atoms with Gasteiger partial charge in [-0.15, -0.1) is 0 Å². The summed E-state index contributed by atoms with van der Waals surface area (Å²) in [4.78, 5) is 2.32. The van der Waals surface area contributed by atoms with Gasteiger partial charge in [-0.2, -0.15) is 4.31 Å². The second-order valence-electron chi connectivity index (χ2n) is 6.26. The van der Waals surface area contributed by atoms with Gasteiger partial charge in [-0.25, -0.2) is 8.42 Å². The Morgan fingerprint density at radius 1 is 0.880 bits per heavy atom. The molecule has 1 saturated heterocycles. The first-order valence-electron chi connectivity index (χ1n) is 8.06. The third kappa shape index (κ3) is 3.80. The maximum atomic E-state index is 12.9. The van der Waals surface area contributed by atoms with Gasteiger partial charge in [0.25, 0.3) is 0 Å². The Morgan fingerprint density at radius 3 is 2.08 bits per heavy atom. The highest BCUT2D eigenvalue weighted by molar-refractivity contribution is 7.89. The van der Waals surface area contributed by atoms with Crippen molar-refractivity contribution in [2.75, 3.05) is 31.1 Å². The largest absolute Gasteiger partial charge is 0.369 e. The molecule has 0 aromatic heterocycles. The second kappa shape index (κ2) is 7.16. The fourth-order valence-electron chi connectivity index (χ4n) is 2.91. The summed E-state index contributed by atoms with van der Waals surface area (Å²) in [7, 11) is -3.63. The molecule has 2 aromatic carbocycles. The van der Waals surface area contributed by atoms with Crippen LogP contribution in [0.3, 0.4) is 0 Å². The van der Waals surface area contributed by atoms with Crippen molar-refractivity contribution in [3.05, 3.63) is 57.6 Å². The molecule has 4 nitrogen and oxygen atoms in total. The van der Waals surface area contributed by atoms with E-state index in [0.29, 0.717) is 36.8 Å². The van der Waals surface area contributed by atoms with E-state index in [4.69, 9.17) is 23.2 Å². The zero-order valence-corrected chi connectivity index (χ0v) is 16.5. The average molecular weight is 399 g/mol. The van der Waals surface area contributed by atoms with E-state index in [1.807, 2.05) is 6.92 Å². The molecule has 0 saturated carbocycles. The number of benzene rings is 2. The van der Waals surface area contributed by atoms with Crippen molar-refractivity contribution < 1.29 is 8.42 Å². The van der Waals surface area contributed by atoms with Gasteiger partial charge in [-0.3, -0.25) is 0 Å². The lowest BCUT2D eigenvalue weighted by Gasteiger charge is -2.35. The Kier molecular flexibility index (Phi) is 5.30. The van der Waals surface area contributed by atoms with Crippen molar-refractivity contribution in [2.24, 2.45) is 0 Å². The number of anilines is 1. The van der Waals surface area contributed by atoms with Crippen LogP contribution in [0.4, 0.5) is 5.69 Å². The van der Waals surface area contributed by atoms with Crippen LogP contribution in [0.15, 0.2) is 41.3 Å². The molecule has 0 spiro atoms. The van der Waals surface area contributed by atoms with Crippen LogP contribution >= 0.6 is 23.2 Å². The zero-order valence-electron chi connectivity index (χ0n) is 14.2. The number of piperazine rings is 1. The lowest BCUT2D eigenvalue weighted by molar-refractivity contribution is 0.385. The molecule has 0 radical (unpaired) electrons. The summed E-state index contributed by atoms with van der Waals surface area (Å²) in [5, 5.41) is 0.629. The number of hydrogen-bond donors (Lipinski definition) is 0. The maximum Gasteiger partial charge on any atom is 0.244 e. The van der Waals surface area contributed by atoms with Crippen LogP contribution in [0, 0.1) is 13.8 Å². The Bertz CT molecular complexity index is 875. The summed E-state index contributed by atoms with van der Waals surface area (Å²) in [6.07, 6.45) is 0. The number of nitrogens with zero attached hydrogens (tertiary/aromatic N) is 2. The van der Waals surface area contributed by atoms with Crippen LogP contribution < -0.4 is 4.90 Å². The van der Waals surface area contributed by atoms with E-state index in [0.717, 1.165) is 5.69 Å². The van der Waals surface area contributed by atoms with E-state index in [1.165, 1.54) is 15.9 Å². The molecule has 7 heteroatoms. The van der Waals surface area contributed by atoms with Crippen molar-refractivity contribution >= 4 is 38.9 Å². The Morgan fingerprint density at radius 2 is 1.48 bits per heavy atom. The van der Waals surface area contributed by atoms with Crippen molar-refractivity contribution in [3.8, 4) is 0 Å². The first-order chi connectivity index (χ1) is 11.8. The molecule has 134 valence electrons. The Balaban J connectivity index is 1.78. The minimum atomic E-state index is -3.63. The van der Waals surface area contributed by atoms with E-state index < -0.39 is 10.0 Å². The fourth-order valence-corrected chi connectivity index (χ4v) is 5.14. The minimum absolute atomic E-state index is 0.125. The quantitative estimate of drug-likeness (QED) is 0.780. The lowest BCUT2D eigenvalue weighted by Crippen LogP contribution is -2.48. The molecule has 25 heavy (non-hydrogen) atoms. The smallest absolute Gasteiger partial charge is 0.244 e. The standard InChI is InChI=1S/C18H20Cl2N2O2S/c1-13-3-5-15(6-4-13)21-7-9-22(10-8-21)25(23,24)18-11-14(2)16(19)12-17(18)20/h3-6,11-12H,7-10H2,1-2H3. The topological polar surface area (TPSA) is 40.6 Å². The van der Waals surface area contributed by atoms with Crippen molar-refractivity contribution in [3.63, 3.8) is 0 Å². The lowest BCUT2D eigenvalue weighted by atomic mass is 10.2. The van der Waals surface area contributed by atoms with Gasteiger partial charge in [-0.1, -0.05) is 40.9 Å². The van der Waals surface area contributed by atoms with Crippen molar-refractivity contribution in [1.29, 1.82) is 0 Å². The van der Waals surface area contributed by atoms with Gasteiger partial charge in [0.1, 0.15) is 4.90 Å². The summed E-state index contributed by atoms with van der Waals surface area (Å²) < 4.78 is 27.4. The third-order valence-electron chi connectivity index (χ3n) is 4.47. The molecular weight excluding hydrogens is 379 g/mol. The first kappa shape index (κ1) is 18.5.